The van der Waals surface area contributed by atoms with Crippen LogP contribution in [0.15, 0.2) is 35.8 Å². The Balaban J connectivity index is 1.89. The third-order valence-electron chi connectivity index (χ3n) is 4.43. The van der Waals surface area contributed by atoms with Crippen molar-refractivity contribution in [1.29, 1.82) is 0 Å². The van der Waals surface area contributed by atoms with Gasteiger partial charge in [-0.3, -0.25) is 4.79 Å². The molecular weight excluding hydrogens is 394 g/mol. The predicted octanol–water partition coefficient (Wildman–Crippen LogP) is 2.64. The molecule has 0 atom stereocenters. The van der Waals surface area contributed by atoms with Gasteiger partial charge in [-0.1, -0.05) is 29.0 Å². The van der Waals surface area contributed by atoms with E-state index in [1.165, 1.54) is 21.9 Å². The molecular formula is C17H20ClN3O3S2. The van der Waals surface area contributed by atoms with E-state index in [2.05, 4.69) is 11.6 Å². The molecule has 1 aromatic carbocycles. The molecule has 1 amide bonds. The Morgan fingerprint density at radius 3 is 2.73 bits per heavy atom. The number of allylic oxidation sites excluding steroid dienone is 1. The molecule has 0 radical (unpaired) electrons. The topological polar surface area (TPSA) is 71.7 Å². The van der Waals surface area contributed by atoms with Gasteiger partial charge in [0.25, 0.3) is 5.91 Å². The van der Waals surface area contributed by atoms with E-state index >= 15 is 0 Å². The van der Waals surface area contributed by atoms with Crippen LogP contribution < -0.4 is 4.80 Å². The fourth-order valence-electron chi connectivity index (χ4n) is 3.06. The van der Waals surface area contributed by atoms with Crippen LogP contribution in [-0.2, 0) is 21.4 Å². The Labute approximate surface area is 161 Å². The lowest BCUT2D eigenvalue weighted by molar-refractivity contribution is -0.122. The van der Waals surface area contributed by atoms with Gasteiger partial charge in [-0.2, -0.15) is 4.99 Å². The SMILES string of the molecule is C=CCn1c(=NC(=O)C2CCN(S(C)(=O)=O)CC2)sc2cc(Cl)ccc21. The maximum absolute atomic E-state index is 12.6. The molecule has 0 aliphatic carbocycles. The second-order valence-electron chi connectivity index (χ2n) is 6.28. The van der Waals surface area contributed by atoms with Gasteiger partial charge in [0.2, 0.25) is 10.0 Å². The van der Waals surface area contributed by atoms with Crippen LogP contribution >= 0.6 is 22.9 Å². The van der Waals surface area contributed by atoms with Gasteiger partial charge >= 0.3 is 0 Å². The number of fused-ring (bicyclic) bond motifs is 1. The highest BCUT2D eigenvalue weighted by Crippen LogP contribution is 2.23. The zero-order valence-corrected chi connectivity index (χ0v) is 16.8. The molecule has 0 saturated carbocycles. The lowest BCUT2D eigenvalue weighted by atomic mass is 9.98. The van der Waals surface area contributed by atoms with E-state index in [0.29, 0.717) is 42.3 Å². The number of piperidine rings is 1. The number of carbonyl (C=O) groups is 1. The number of hydrogen-bond acceptors (Lipinski definition) is 4. The maximum atomic E-state index is 12.6. The number of sulfonamides is 1. The number of hydrogen-bond donors (Lipinski definition) is 0. The number of benzene rings is 1. The van der Waals surface area contributed by atoms with Gasteiger partial charge in [-0.15, -0.1) is 6.58 Å². The first-order chi connectivity index (χ1) is 12.3. The summed E-state index contributed by atoms with van der Waals surface area (Å²) >= 11 is 7.47. The van der Waals surface area contributed by atoms with Gasteiger partial charge in [-0.05, 0) is 31.0 Å². The monoisotopic (exact) mass is 413 g/mol. The van der Waals surface area contributed by atoms with Crippen LogP contribution in [0.1, 0.15) is 12.8 Å². The summed E-state index contributed by atoms with van der Waals surface area (Å²) in [7, 11) is -3.20. The van der Waals surface area contributed by atoms with E-state index in [1.54, 1.807) is 6.08 Å². The molecule has 0 bridgehead atoms. The molecule has 1 saturated heterocycles. The van der Waals surface area contributed by atoms with Crippen molar-refractivity contribution in [3.63, 3.8) is 0 Å². The molecule has 1 fully saturated rings. The highest BCUT2D eigenvalue weighted by Gasteiger charge is 2.28. The minimum atomic E-state index is -3.20. The maximum Gasteiger partial charge on any atom is 0.251 e. The first-order valence-corrected chi connectivity index (χ1v) is 11.3. The van der Waals surface area contributed by atoms with Crippen LogP contribution in [0, 0.1) is 5.92 Å². The Hall–Kier alpha value is -1.48. The predicted molar refractivity (Wildman–Crippen MR) is 105 cm³/mol. The lowest BCUT2D eigenvalue weighted by Crippen LogP contribution is -2.39. The fourth-order valence-corrected chi connectivity index (χ4v) is 5.25. The fraction of sp³-hybridized carbons (Fsp3) is 0.412. The second kappa shape index (κ2) is 7.64. The number of amides is 1. The molecule has 140 valence electrons. The third-order valence-corrected chi connectivity index (χ3v) is 7.01. The van der Waals surface area contributed by atoms with Crippen LogP contribution in [0.2, 0.25) is 5.02 Å². The number of carbonyl (C=O) groups excluding carboxylic acids is 1. The Bertz CT molecular complexity index is 1020. The largest absolute Gasteiger partial charge is 0.313 e. The standard InChI is InChI=1S/C17H20ClN3O3S2/c1-3-8-21-14-5-4-13(18)11-15(14)25-17(21)19-16(22)12-6-9-20(10-7-12)26(2,23)24/h3-5,11-12H,1,6-10H2,2H3. The molecule has 1 aliphatic heterocycles. The number of halogens is 1. The van der Waals surface area contributed by atoms with Gasteiger partial charge in [0.05, 0.1) is 16.5 Å². The van der Waals surface area contributed by atoms with E-state index < -0.39 is 10.0 Å². The summed E-state index contributed by atoms with van der Waals surface area (Å²) in [6.45, 7) is 5.03. The zero-order valence-electron chi connectivity index (χ0n) is 14.4. The van der Waals surface area contributed by atoms with E-state index in [-0.39, 0.29) is 11.8 Å². The number of aromatic nitrogens is 1. The molecule has 9 heteroatoms. The van der Waals surface area contributed by atoms with Crippen LogP contribution in [-0.4, -0.2) is 42.5 Å². The normalized spacial score (nSPS) is 17.7. The van der Waals surface area contributed by atoms with E-state index in [1.807, 2.05) is 22.8 Å². The average molecular weight is 414 g/mol. The van der Waals surface area contributed by atoms with Crippen molar-refractivity contribution in [2.24, 2.45) is 10.9 Å². The van der Waals surface area contributed by atoms with Crippen molar-refractivity contribution in [2.75, 3.05) is 19.3 Å². The Morgan fingerprint density at radius 1 is 1.42 bits per heavy atom. The summed E-state index contributed by atoms with van der Waals surface area (Å²) in [4.78, 5) is 17.6. The minimum Gasteiger partial charge on any atom is -0.313 e. The van der Waals surface area contributed by atoms with Gasteiger partial charge in [0, 0.05) is 30.6 Å². The van der Waals surface area contributed by atoms with Crippen LogP contribution in [0.4, 0.5) is 0 Å². The van der Waals surface area contributed by atoms with E-state index in [9.17, 15) is 13.2 Å². The van der Waals surface area contributed by atoms with Crippen molar-refractivity contribution in [1.82, 2.24) is 8.87 Å². The second-order valence-corrected chi connectivity index (χ2v) is 9.71. The Kier molecular flexibility index (Phi) is 5.67. The third kappa shape index (κ3) is 4.09. The summed E-state index contributed by atoms with van der Waals surface area (Å²) in [5.74, 6) is -0.451. The van der Waals surface area contributed by atoms with E-state index in [0.717, 1.165) is 10.2 Å². The lowest BCUT2D eigenvalue weighted by Gasteiger charge is -2.28. The van der Waals surface area contributed by atoms with E-state index in [4.69, 9.17) is 11.6 Å². The zero-order chi connectivity index (χ0) is 18.9. The smallest absolute Gasteiger partial charge is 0.251 e. The summed E-state index contributed by atoms with van der Waals surface area (Å²) in [6.07, 6.45) is 3.94. The quantitative estimate of drug-likeness (QED) is 0.723. The minimum absolute atomic E-state index is 0.200. The van der Waals surface area contributed by atoms with Crippen molar-refractivity contribution < 1.29 is 13.2 Å². The van der Waals surface area contributed by atoms with Crippen molar-refractivity contribution in [3.8, 4) is 0 Å². The molecule has 2 aromatic rings. The molecule has 0 spiro atoms. The number of thiazole rings is 1. The Morgan fingerprint density at radius 2 is 2.12 bits per heavy atom. The first-order valence-electron chi connectivity index (χ1n) is 8.23. The molecule has 1 aliphatic rings. The van der Waals surface area contributed by atoms with Gasteiger partial charge in [0.15, 0.2) is 4.80 Å². The van der Waals surface area contributed by atoms with Crippen molar-refractivity contribution >= 4 is 49.1 Å². The van der Waals surface area contributed by atoms with Gasteiger partial charge in [0.1, 0.15) is 0 Å². The molecule has 26 heavy (non-hydrogen) atoms. The summed E-state index contributed by atoms with van der Waals surface area (Å²) in [6, 6.07) is 5.57. The van der Waals surface area contributed by atoms with Gasteiger partial charge in [-0.25, -0.2) is 12.7 Å². The number of nitrogens with zero attached hydrogens (tertiary/aromatic N) is 3. The number of rotatable bonds is 4. The van der Waals surface area contributed by atoms with Crippen LogP contribution in [0.5, 0.6) is 0 Å². The van der Waals surface area contributed by atoms with Crippen molar-refractivity contribution in [3.05, 3.63) is 40.7 Å². The molecule has 2 heterocycles. The molecule has 0 unspecified atom stereocenters. The first kappa shape index (κ1) is 19.3. The highest BCUT2D eigenvalue weighted by atomic mass is 35.5. The highest BCUT2D eigenvalue weighted by molar-refractivity contribution is 7.88. The molecule has 1 aromatic heterocycles. The molecule has 6 nitrogen and oxygen atoms in total. The summed E-state index contributed by atoms with van der Waals surface area (Å²) in [5.41, 5.74) is 0.956. The molecule has 3 rings (SSSR count). The summed E-state index contributed by atoms with van der Waals surface area (Å²) < 4.78 is 27.5. The van der Waals surface area contributed by atoms with Crippen LogP contribution in [0.25, 0.3) is 10.2 Å². The molecule has 0 N–H and O–H groups in total. The van der Waals surface area contributed by atoms with Gasteiger partial charge < -0.3 is 4.57 Å². The van der Waals surface area contributed by atoms with Crippen molar-refractivity contribution in [2.45, 2.75) is 19.4 Å². The van der Waals surface area contributed by atoms with Crippen LogP contribution in [0.3, 0.4) is 0 Å². The average Bonchev–Trinajstić information content (AvgIpc) is 2.91. The summed E-state index contributed by atoms with van der Waals surface area (Å²) in [5, 5.41) is 0.635.